The van der Waals surface area contributed by atoms with Crippen LogP contribution in [0.5, 0.6) is 0 Å². The summed E-state index contributed by atoms with van der Waals surface area (Å²) in [6.45, 7) is 22.1. The van der Waals surface area contributed by atoms with Gasteiger partial charge in [-0.1, -0.05) is 115 Å². The first-order valence-corrected chi connectivity index (χ1v) is 13.4. The molecule has 201 valence electrons. The van der Waals surface area contributed by atoms with E-state index in [-0.39, 0.29) is 106 Å². The van der Waals surface area contributed by atoms with E-state index in [2.05, 4.69) is 87.8 Å². The molecule has 3 radical (unpaired) electrons. The smallest absolute Gasteiger partial charge is 0 e. The zero-order chi connectivity index (χ0) is 24.7. The van der Waals surface area contributed by atoms with Crippen LogP contribution in [0.2, 0.25) is 0 Å². The quantitative estimate of drug-likeness (QED) is 0.270. The van der Waals surface area contributed by atoms with Crippen molar-refractivity contribution in [3.8, 4) is 0 Å². The van der Waals surface area contributed by atoms with Gasteiger partial charge in [0.15, 0.2) is 0 Å². The van der Waals surface area contributed by atoms with Crippen molar-refractivity contribution in [3.05, 3.63) is 74.2 Å². The topological polar surface area (TPSA) is 0 Å². The van der Waals surface area contributed by atoms with Crippen LogP contribution in [0.1, 0.15) is 116 Å². The molecule has 0 nitrogen and oxygen atoms in total. The summed E-state index contributed by atoms with van der Waals surface area (Å²) in [7, 11) is 0. The summed E-state index contributed by atoms with van der Waals surface area (Å²) in [5.41, 5.74) is 14.3. The van der Waals surface area contributed by atoms with Crippen molar-refractivity contribution >= 4 is 0 Å². The molecular weight excluding hydrogens is 675 g/mol. The van der Waals surface area contributed by atoms with Gasteiger partial charge in [0.1, 0.15) is 0 Å². The van der Waals surface area contributed by atoms with Crippen LogP contribution >= 0.6 is 0 Å². The maximum Gasteiger partial charge on any atom is 0 e. The number of aryl methyl sites for hydroxylation is 3. The molecule has 2 aliphatic carbocycles. The molecule has 0 aliphatic heterocycles. The van der Waals surface area contributed by atoms with Crippen molar-refractivity contribution in [2.45, 2.75) is 128 Å². The van der Waals surface area contributed by atoms with Crippen LogP contribution in [0.3, 0.4) is 0 Å². The maximum absolute atomic E-state index is 3.53. The summed E-state index contributed by atoms with van der Waals surface area (Å²) in [4.78, 5) is 0. The summed E-state index contributed by atoms with van der Waals surface area (Å²) in [5.74, 6) is 1.79. The summed E-state index contributed by atoms with van der Waals surface area (Å²) in [5, 5.41) is 0. The minimum atomic E-state index is 0. The van der Waals surface area contributed by atoms with Crippen molar-refractivity contribution in [3.63, 3.8) is 0 Å². The van der Waals surface area contributed by atoms with Crippen LogP contribution in [0.15, 0.2) is 0 Å². The van der Waals surface area contributed by atoms with Crippen LogP contribution in [0.25, 0.3) is 0 Å². The van der Waals surface area contributed by atoms with E-state index in [1.807, 2.05) is 0 Å². The van der Waals surface area contributed by atoms with Crippen LogP contribution < -0.4 is 0 Å². The first-order chi connectivity index (χ1) is 15.6. The Labute approximate surface area is 308 Å². The fraction of sp³-hybridized carbons (Fsp3) is 0.618. The van der Waals surface area contributed by atoms with E-state index in [1.54, 1.807) is 5.56 Å². The Morgan fingerprint density at radius 2 is 1.30 bits per heavy atom. The van der Waals surface area contributed by atoms with Gasteiger partial charge in [0.05, 0.1) is 0 Å². The number of fused-ring (bicyclic) bond motifs is 1. The Morgan fingerprint density at radius 1 is 0.730 bits per heavy atom. The average molecular weight is 729 g/mol. The molecule has 0 saturated heterocycles. The van der Waals surface area contributed by atoms with Crippen LogP contribution in [0, 0.1) is 78.9 Å². The van der Waals surface area contributed by atoms with Gasteiger partial charge in [0.25, 0.3) is 0 Å². The van der Waals surface area contributed by atoms with Crippen LogP contribution in [-0.2, 0) is 117 Å². The van der Waals surface area contributed by atoms with Crippen LogP contribution in [-0.4, -0.2) is 0 Å². The van der Waals surface area contributed by atoms with Crippen molar-refractivity contribution in [2.75, 3.05) is 0 Å². The van der Waals surface area contributed by atoms with Gasteiger partial charge in [-0.3, -0.25) is 0 Å². The number of benzene rings is 2. The Bertz CT molecular complexity index is 924. The Balaban J connectivity index is -0.000000455. The fourth-order valence-corrected chi connectivity index (χ4v) is 5.30. The van der Waals surface area contributed by atoms with Crippen molar-refractivity contribution in [1.29, 1.82) is 0 Å². The van der Waals surface area contributed by atoms with E-state index in [0.29, 0.717) is 0 Å². The Hall–Kier alpha value is 1.75. The molecule has 2 aromatic carbocycles. The third-order valence-electron chi connectivity index (χ3n) is 8.27. The molecule has 4 rings (SSSR count). The van der Waals surface area contributed by atoms with E-state index < -0.39 is 0 Å². The molecule has 0 heterocycles. The van der Waals surface area contributed by atoms with Crippen molar-refractivity contribution in [1.82, 2.24) is 0 Å². The molecule has 37 heavy (non-hydrogen) atoms. The molecule has 2 aliphatic rings. The second kappa shape index (κ2) is 21.5. The fourth-order valence-electron chi connectivity index (χ4n) is 5.30. The van der Waals surface area contributed by atoms with Gasteiger partial charge < -0.3 is 6.42 Å². The molecule has 2 aromatic rings. The van der Waals surface area contributed by atoms with E-state index >= 15 is 0 Å². The molecule has 0 amide bonds. The second-order valence-electron chi connectivity index (χ2n) is 10.6. The third kappa shape index (κ3) is 12.7. The molecule has 0 bridgehead atoms. The van der Waals surface area contributed by atoms with Gasteiger partial charge in [0.2, 0.25) is 0 Å². The minimum absolute atomic E-state index is 0. The first-order valence-electron chi connectivity index (χ1n) is 13.4. The molecule has 3 heteroatoms. The number of hydrogen-bond donors (Lipinski definition) is 0. The van der Waals surface area contributed by atoms with Gasteiger partial charge in [-0.15, -0.1) is 5.56 Å². The van der Waals surface area contributed by atoms with Crippen molar-refractivity contribution < 1.29 is 98.1 Å². The van der Waals surface area contributed by atoms with E-state index in [0.717, 1.165) is 18.3 Å². The first kappa shape index (κ1) is 43.2. The predicted molar refractivity (Wildman–Crippen MR) is 153 cm³/mol. The molecule has 2 unspecified atom stereocenters. The summed E-state index contributed by atoms with van der Waals surface area (Å²) in [6.07, 6.45) is 13.2. The van der Waals surface area contributed by atoms with E-state index in [9.17, 15) is 0 Å². The molecular formula is C34H53Y3-3. The zero-order valence-corrected chi connectivity index (χ0v) is 33.6. The van der Waals surface area contributed by atoms with Gasteiger partial charge in [-0.25, -0.2) is 0 Å². The largest absolute Gasteiger partial charge is 0.325 e. The molecule has 0 aromatic heterocycles. The summed E-state index contributed by atoms with van der Waals surface area (Å²) < 4.78 is 0. The number of rotatable bonds is 2. The zero-order valence-electron chi connectivity index (χ0n) is 25.1. The van der Waals surface area contributed by atoms with Gasteiger partial charge in [-0.2, -0.15) is 74.5 Å². The SMILES string of the molecule is C.CCC1[CH-]CCCC1.CCc1[c-]c(C)c(C)c(C)c1C.Cc1[c-]c2c(c(C)c1C)CC(C)C2.[Y].[Y].[Y]. The van der Waals surface area contributed by atoms with Crippen LogP contribution in [0.4, 0.5) is 0 Å². The van der Waals surface area contributed by atoms with Gasteiger partial charge in [-0.05, 0) is 12.3 Å². The van der Waals surface area contributed by atoms with Crippen molar-refractivity contribution in [2.24, 2.45) is 11.8 Å². The summed E-state index contributed by atoms with van der Waals surface area (Å²) in [6, 6.07) is 6.96. The van der Waals surface area contributed by atoms with E-state index in [1.165, 1.54) is 95.0 Å². The monoisotopic (exact) mass is 728 g/mol. The number of hydrogen-bond acceptors (Lipinski definition) is 0. The standard InChI is InChI=1S/C13H17.C12H17.C8H15.CH4.3Y/c1-8-5-12-7-9(2)10(3)11(4)13(12)6-8;1-6-12-7-8(2)9(3)10(4)11(12)5;1-2-8-6-4-3-5-7-8;;;;/h8H,5-6H2,1-4H3;6H2,1-5H3;6,8H,2-5,7H2,1H3;1H4;;;/q3*-1;;;;. The Morgan fingerprint density at radius 3 is 1.78 bits per heavy atom. The molecule has 0 spiro atoms. The second-order valence-corrected chi connectivity index (χ2v) is 10.6. The van der Waals surface area contributed by atoms with Gasteiger partial charge in [0, 0.05) is 98.1 Å². The van der Waals surface area contributed by atoms with E-state index in [4.69, 9.17) is 0 Å². The van der Waals surface area contributed by atoms with Gasteiger partial charge >= 0.3 is 0 Å². The molecule has 1 saturated carbocycles. The molecule has 1 fully saturated rings. The summed E-state index contributed by atoms with van der Waals surface area (Å²) >= 11 is 0. The minimum Gasteiger partial charge on any atom is -0.325 e. The molecule has 0 N–H and O–H groups in total. The average Bonchev–Trinajstić information content (AvgIpc) is 3.20. The Kier molecular flexibility index (Phi) is 25.1. The maximum atomic E-state index is 3.53. The predicted octanol–water partition coefficient (Wildman–Crippen LogP) is 9.85. The third-order valence-corrected chi connectivity index (χ3v) is 8.27. The molecule has 2 atom stereocenters. The normalized spacial score (nSPS) is 17.1.